The van der Waals surface area contributed by atoms with Gasteiger partial charge < -0.3 is 24.6 Å². The number of carbonyl (C=O) groups excluding carboxylic acids is 1. The third kappa shape index (κ3) is 5.81. The second kappa shape index (κ2) is 11.5. The van der Waals surface area contributed by atoms with Crippen LogP contribution in [0, 0.1) is 12.7 Å². The number of hydrogen-bond donors (Lipinski definition) is 1. The van der Waals surface area contributed by atoms with Crippen molar-refractivity contribution in [3.63, 3.8) is 0 Å². The monoisotopic (exact) mass is 522 g/mol. The van der Waals surface area contributed by atoms with Crippen molar-refractivity contribution in [2.75, 3.05) is 65.3 Å². The Kier molecular flexibility index (Phi) is 7.90. The maximum Gasteiger partial charge on any atom is 0.237 e. The van der Waals surface area contributed by atoms with Gasteiger partial charge in [0.1, 0.15) is 36.1 Å². The number of nitrogens with one attached hydrogen (secondary N) is 1. The predicted molar refractivity (Wildman–Crippen MR) is 145 cm³/mol. The lowest BCUT2D eigenvalue weighted by Crippen LogP contribution is -2.50. The van der Waals surface area contributed by atoms with Crippen LogP contribution in [0.4, 0.5) is 15.9 Å². The fraction of sp³-hybridized carbons (Fsp3) is 0.464. The lowest BCUT2D eigenvalue weighted by molar-refractivity contribution is -0.134. The third-order valence-electron chi connectivity index (χ3n) is 7.42. The molecule has 1 atom stereocenters. The van der Waals surface area contributed by atoms with Crippen LogP contribution in [0.3, 0.4) is 0 Å². The Balaban J connectivity index is 1.35. The van der Waals surface area contributed by atoms with E-state index >= 15 is 0 Å². The number of amides is 1. The molecule has 9 nitrogen and oxygen atoms in total. The van der Waals surface area contributed by atoms with Crippen LogP contribution in [0.1, 0.15) is 18.4 Å². The van der Waals surface area contributed by atoms with E-state index in [1.807, 2.05) is 17.0 Å². The summed E-state index contributed by atoms with van der Waals surface area (Å²) in [5.74, 6) is 1.63. The molecule has 3 heterocycles. The molecule has 2 saturated heterocycles. The molecule has 2 aliphatic rings. The first-order valence-electron chi connectivity index (χ1n) is 13.1. The number of aromatic nitrogens is 2. The minimum absolute atomic E-state index is 0.00277. The Labute approximate surface area is 222 Å². The summed E-state index contributed by atoms with van der Waals surface area (Å²) in [6.45, 7) is 7.08. The first-order chi connectivity index (χ1) is 18.4. The summed E-state index contributed by atoms with van der Waals surface area (Å²) in [7, 11) is 3.71. The summed E-state index contributed by atoms with van der Waals surface area (Å²) in [5.41, 5.74) is 1.90. The van der Waals surface area contributed by atoms with Gasteiger partial charge in [-0.25, -0.2) is 14.4 Å². The lowest BCUT2D eigenvalue weighted by Gasteiger charge is -2.34. The molecule has 2 aliphatic heterocycles. The molecule has 0 saturated carbocycles. The van der Waals surface area contributed by atoms with E-state index in [-0.39, 0.29) is 17.8 Å². The van der Waals surface area contributed by atoms with Crippen molar-refractivity contribution in [2.45, 2.75) is 25.8 Å². The number of halogens is 1. The van der Waals surface area contributed by atoms with E-state index in [1.54, 1.807) is 26.2 Å². The Morgan fingerprint density at radius 1 is 1.13 bits per heavy atom. The van der Waals surface area contributed by atoms with Gasteiger partial charge in [0.05, 0.1) is 30.6 Å². The van der Waals surface area contributed by atoms with Crippen LogP contribution in [-0.4, -0.2) is 96.6 Å². The van der Waals surface area contributed by atoms with Crippen LogP contribution in [0.5, 0.6) is 11.5 Å². The average Bonchev–Trinajstić information content (AvgIpc) is 3.39. The molecule has 3 aromatic rings. The highest BCUT2D eigenvalue weighted by Crippen LogP contribution is 2.36. The van der Waals surface area contributed by atoms with E-state index in [1.165, 1.54) is 12.4 Å². The molecule has 2 fully saturated rings. The molecule has 0 unspecified atom stereocenters. The number of fused-ring (bicyclic) bond motifs is 1. The Hall–Kier alpha value is -3.50. The molecule has 1 aromatic heterocycles. The van der Waals surface area contributed by atoms with Crippen molar-refractivity contribution in [3.8, 4) is 11.5 Å². The first kappa shape index (κ1) is 26.1. The number of nitrogens with zero attached hydrogens (tertiary/aromatic N) is 5. The van der Waals surface area contributed by atoms with Crippen molar-refractivity contribution in [2.24, 2.45) is 0 Å². The summed E-state index contributed by atoms with van der Waals surface area (Å²) in [6.07, 6.45) is 3.33. The van der Waals surface area contributed by atoms with Gasteiger partial charge >= 0.3 is 0 Å². The minimum atomic E-state index is -0.264. The minimum Gasteiger partial charge on any atom is -0.497 e. The van der Waals surface area contributed by atoms with Crippen LogP contribution in [0.2, 0.25) is 0 Å². The van der Waals surface area contributed by atoms with Crippen LogP contribution in [0.15, 0.2) is 36.7 Å². The molecule has 0 spiro atoms. The molecule has 10 heteroatoms. The van der Waals surface area contributed by atoms with Crippen molar-refractivity contribution >= 4 is 28.3 Å². The fourth-order valence-electron chi connectivity index (χ4n) is 5.13. The molecule has 202 valence electrons. The van der Waals surface area contributed by atoms with Gasteiger partial charge in [-0.2, -0.15) is 0 Å². The number of anilines is 2. The zero-order chi connectivity index (χ0) is 26.6. The quantitative estimate of drug-likeness (QED) is 0.482. The molecular formula is C28H35FN6O3. The van der Waals surface area contributed by atoms with E-state index < -0.39 is 0 Å². The number of aryl methyl sites for hydroxylation is 1. The van der Waals surface area contributed by atoms with E-state index in [0.29, 0.717) is 52.6 Å². The van der Waals surface area contributed by atoms with Crippen LogP contribution < -0.4 is 14.8 Å². The normalized spacial score (nSPS) is 18.6. The van der Waals surface area contributed by atoms with Gasteiger partial charge in [0.2, 0.25) is 5.91 Å². The Bertz CT molecular complexity index is 1300. The van der Waals surface area contributed by atoms with Crippen molar-refractivity contribution < 1.29 is 18.7 Å². The van der Waals surface area contributed by atoms with Crippen LogP contribution >= 0.6 is 0 Å². The Morgan fingerprint density at radius 2 is 1.95 bits per heavy atom. The zero-order valence-corrected chi connectivity index (χ0v) is 22.2. The predicted octanol–water partition coefficient (Wildman–Crippen LogP) is 3.45. The van der Waals surface area contributed by atoms with Gasteiger partial charge in [0.15, 0.2) is 0 Å². The third-order valence-corrected chi connectivity index (χ3v) is 7.42. The van der Waals surface area contributed by atoms with Crippen LogP contribution in [-0.2, 0) is 4.79 Å². The number of benzene rings is 2. The molecule has 2 aromatic carbocycles. The van der Waals surface area contributed by atoms with E-state index in [2.05, 4.69) is 32.1 Å². The number of hydrogen-bond acceptors (Lipinski definition) is 8. The SMILES string of the molecule is COc1cc(OC[C@@H]2CCCN2C(=O)CN2CCN(C)CC2)c2c(Nc3ccc(F)c(C)c3)ncnc2c1. The maximum atomic E-state index is 13.8. The van der Waals surface area contributed by atoms with Gasteiger partial charge in [-0.15, -0.1) is 0 Å². The highest BCUT2D eigenvalue weighted by Gasteiger charge is 2.31. The summed E-state index contributed by atoms with van der Waals surface area (Å²) in [4.78, 5) is 28.6. The topological polar surface area (TPSA) is 83.1 Å². The van der Waals surface area contributed by atoms with Gasteiger partial charge in [-0.3, -0.25) is 9.69 Å². The van der Waals surface area contributed by atoms with E-state index in [0.717, 1.165) is 45.6 Å². The number of methoxy groups -OCH3 is 1. The molecule has 38 heavy (non-hydrogen) atoms. The summed E-state index contributed by atoms with van der Waals surface area (Å²) < 4.78 is 25.7. The number of likely N-dealkylation sites (tertiary alicyclic amines) is 1. The number of rotatable bonds is 8. The molecule has 0 aliphatic carbocycles. The van der Waals surface area contributed by atoms with Gasteiger partial charge in [-0.1, -0.05) is 0 Å². The Morgan fingerprint density at radius 3 is 2.71 bits per heavy atom. The molecule has 0 radical (unpaired) electrons. The van der Waals surface area contributed by atoms with Crippen molar-refractivity contribution in [3.05, 3.63) is 48.0 Å². The summed E-state index contributed by atoms with van der Waals surface area (Å²) in [5, 5.41) is 3.98. The number of likely N-dealkylation sites (N-methyl/N-ethyl adjacent to an activating group) is 1. The zero-order valence-electron chi connectivity index (χ0n) is 22.2. The highest BCUT2D eigenvalue weighted by molar-refractivity contribution is 5.96. The molecule has 1 N–H and O–H groups in total. The largest absolute Gasteiger partial charge is 0.497 e. The fourth-order valence-corrected chi connectivity index (χ4v) is 5.13. The van der Waals surface area contributed by atoms with Crippen molar-refractivity contribution in [1.29, 1.82) is 0 Å². The second-order valence-electron chi connectivity index (χ2n) is 10.1. The van der Waals surface area contributed by atoms with Crippen molar-refractivity contribution in [1.82, 2.24) is 24.7 Å². The molecule has 0 bridgehead atoms. The maximum absolute atomic E-state index is 13.8. The number of ether oxygens (including phenoxy) is 2. The molecule has 1 amide bonds. The smallest absolute Gasteiger partial charge is 0.237 e. The van der Waals surface area contributed by atoms with Gasteiger partial charge in [0, 0.05) is 50.5 Å². The first-order valence-corrected chi connectivity index (χ1v) is 13.1. The highest BCUT2D eigenvalue weighted by atomic mass is 19.1. The van der Waals surface area contributed by atoms with Gasteiger partial charge in [-0.05, 0) is 50.6 Å². The molecular weight excluding hydrogens is 487 g/mol. The van der Waals surface area contributed by atoms with E-state index in [9.17, 15) is 9.18 Å². The summed E-state index contributed by atoms with van der Waals surface area (Å²) >= 11 is 0. The lowest BCUT2D eigenvalue weighted by atomic mass is 10.1. The van der Waals surface area contributed by atoms with Crippen LogP contribution in [0.25, 0.3) is 10.9 Å². The van der Waals surface area contributed by atoms with E-state index in [4.69, 9.17) is 9.47 Å². The number of piperazine rings is 1. The molecule has 5 rings (SSSR count). The standard InChI is InChI=1S/C28H35FN6O3/c1-19-13-20(6-7-23(19)29)32-28-27-24(30-18-31-28)14-22(37-3)15-25(27)38-17-21-5-4-8-35(21)26(36)16-34-11-9-33(2)10-12-34/h6-7,13-15,18,21H,4-5,8-12,16-17H2,1-3H3,(H,30,31,32)/t21-/m0/s1. The number of carbonyl (C=O) groups is 1. The van der Waals surface area contributed by atoms with Gasteiger partial charge in [0.25, 0.3) is 0 Å². The summed E-state index contributed by atoms with van der Waals surface area (Å²) in [6, 6.07) is 8.47. The average molecular weight is 523 g/mol. The second-order valence-corrected chi connectivity index (χ2v) is 10.1.